The van der Waals surface area contributed by atoms with Gasteiger partial charge in [0.2, 0.25) is 0 Å². The van der Waals surface area contributed by atoms with Crippen LogP contribution in [-0.2, 0) is 0 Å². The average molecular weight is 368 g/mol. The molecule has 0 atom stereocenters. The average Bonchev–Trinajstić information content (AvgIpc) is 2.15. The van der Waals surface area contributed by atoms with E-state index in [4.69, 9.17) is 44.3 Å². The van der Waals surface area contributed by atoms with Crippen LogP contribution >= 0.6 is 44.3 Å². The first kappa shape index (κ1) is 19.6. The van der Waals surface area contributed by atoms with E-state index >= 15 is 0 Å². The van der Waals surface area contributed by atoms with Crippen molar-refractivity contribution < 1.29 is 0 Å². The molecule has 0 aromatic carbocycles. The quantitative estimate of drug-likeness (QED) is 0.371. The maximum atomic E-state index is 6.85. The van der Waals surface area contributed by atoms with E-state index in [1.165, 1.54) is 0 Å². The highest BCUT2D eigenvalue weighted by molar-refractivity contribution is 7.93. The van der Waals surface area contributed by atoms with E-state index in [2.05, 4.69) is 55.4 Å². The fourth-order valence-electron chi connectivity index (χ4n) is 1.53. The lowest BCUT2D eigenvalue weighted by atomic mass is 9.99. The predicted molar refractivity (Wildman–Crippen MR) is 92.7 cm³/mol. The highest BCUT2D eigenvalue weighted by atomic mass is 35.8. The molecule has 0 aliphatic carbocycles. The summed E-state index contributed by atoms with van der Waals surface area (Å²) in [6.07, 6.45) is -5.61. The van der Waals surface area contributed by atoms with E-state index in [-0.39, 0.29) is 10.1 Å². The molecular weight excluding hydrogens is 342 g/mol. The maximum absolute atomic E-state index is 6.85. The Labute approximate surface area is 133 Å². The van der Waals surface area contributed by atoms with E-state index in [0.717, 1.165) is 0 Å². The second-order valence-corrected chi connectivity index (χ2v) is 28.0. The first-order valence-corrected chi connectivity index (χ1v) is 15.4. The Hall–Kier alpha value is 1.59. The predicted octanol–water partition coefficient (Wildman–Crippen LogP) is 6.78. The van der Waals surface area contributed by atoms with Crippen LogP contribution in [0.4, 0.5) is 0 Å². The van der Waals surface area contributed by atoms with Crippen LogP contribution < -0.4 is 0 Å². The molecule has 0 aliphatic heterocycles. The number of rotatable bonds is 5. The van der Waals surface area contributed by atoms with Crippen LogP contribution in [0.1, 0.15) is 55.4 Å². The summed E-state index contributed by atoms with van der Waals surface area (Å²) < 4.78 is 0. The largest absolute Gasteiger partial charge is 0.279 e. The Morgan fingerprint density at radius 3 is 0.889 bits per heavy atom. The second-order valence-electron chi connectivity index (χ2n) is 6.90. The molecule has 110 valence electrons. The van der Waals surface area contributed by atoms with E-state index in [1.54, 1.807) is 0 Å². The minimum absolute atomic E-state index is 0.210. The van der Waals surface area contributed by atoms with Crippen molar-refractivity contribution in [1.82, 2.24) is 0 Å². The third-order valence-corrected chi connectivity index (χ3v) is 35.8. The molecule has 0 radical (unpaired) electrons. The Kier molecular flexibility index (Phi) is 6.28. The van der Waals surface area contributed by atoms with Gasteiger partial charge in [-0.2, -0.15) is 0 Å². The number of halogens is 4. The van der Waals surface area contributed by atoms with E-state index in [1.807, 2.05) is 0 Å². The van der Waals surface area contributed by atoms with Crippen LogP contribution in [0.5, 0.6) is 0 Å². The van der Waals surface area contributed by atoms with Crippen molar-refractivity contribution in [3.8, 4) is 0 Å². The fourth-order valence-corrected chi connectivity index (χ4v) is 22.6. The Balaban J connectivity index is 5.74. The Morgan fingerprint density at radius 2 is 0.778 bits per heavy atom. The van der Waals surface area contributed by atoms with Gasteiger partial charge in [0.05, 0.1) is 0 Å². The molecule has 0 saturated heterocycles. The third-order valence-electron chi connectivity index (χ3n) is 4.90. The lowest BCUT2D eigenvalue weighted by Gasteiger charge is -2.50. The first-order valence-electron chi connectivity index (χ1n) is 6.39. The van der Waals surface area contributed by atoms with Crippen LogP contribution in [0.25, 0.3) is 0 Å². The highest BCUT2D eigenvalue weighted by Crippen LogP contribution is 2.63. The molecule has 18 heavy (non-hydrogen) atoms. The Bertz CT molecular complexity index is 266. The van der Waals surface area contributed by atoms with Crippen LogP contribution in [-0.4, -0.2) is 12.4 Å². The molecule has 0 heterocycles. The molecule has 0 saturated carbocycles. The number of hydrogen-bond acceptors (Lipinski definition) is 0. The van der Waals surface area contributed by atoms with Crippen LogP contribution in [0.15, 0.2) is 0 Å². The van der Waals surface area contributed by atoms with Gasteiger partial charge in [0.1, 0.15) is 0 Å². The van der Waals surface area contributed by atoms with E-state index in [9.17, 15) is 0 Å². The summed E-state index contributed by atoms with van der Waals surface area (Å²) in [6.45, 7) is 16.9. The summed E-state index contributed by atoms with van der Waals surface area (Å²) in [5.41, 5.74) is 0. The molecule has 0 unspecified atom stereocenters. The van der Waals surface area contributed by atoms with Gasteiger partial charge in [-0.15, -0.1) is 44.3 Å². The molecule has 0 aromatic rings. The van der Waals surface area contributed by atoms with Gasteiger partial charge in [-0.3, -0.25) is 0 Å². The van der Waals surface area contributed by atoms with Gasteiger partial charge >= 0.3 is 0 Å². The van der Waals surface area contributed by atoms with E-state index < -0.39 is 12.4 Å². The molecule has 0 bridgehead atoms. The van der Waals surface area contributed by atoms with Crippen LogP contribution in [0.2, 0.25) is 10.1 Å². The minimum Gasteiger partial charge on any atom is -0.146 e. The molecule has 0 spiro atoms. The lowest BCUT2D eigenvalue weighted by molar-refractivity contribution is 0.459. The van der Waals surface area contributed by atoms with Crippen molar-refractivity contribution >= 4 is 56.7 Å². The normalized spacial score (nSPS) is 15.7. The molecule has 0 amide bonds. The number of hydrogen-bond donors (Lipinski definition) is 0. The van der Waals surface area contributed by atoms with Crippen molar-refractivity contribution in [2.24, 2.45) is 11.8 Å². The monoisotopic (exact) mass is 366 g/mol. The van der Waals surface area contributed by atoms with Crippen LogP contribution in [0.3, 0.4) is 0 Å². The smallest absolute Gasteiger partial charge is 0.146 e. The second kappa shape index (κ2) is 5.77. The molecule has 0 fully saturated rings. The van der Waals surface area contributed by atoms with Crippen molar-refractivity contribution in [3.05, 3.63) is 0 Å². The summed E-state index contributed by atoms with van der Waals surface area (Å²) in [4.78, 5) is 0. The van der Waals surface area contributed by atoms with Gasteiger partial charge in [-0.25, -0.2) is 0 Å². The van der Waals surface area contributed by atoms with E-state index in [0.29, 0.717) is 11.8 Å². The highest BCUT2D eigenvalue weighted by Gasteiger charge is 2.68. The topological polar surface area (TPSA) is 0 Å². The van der Waals surface area contributed by atoms with Crippen molar-refractivity contribution in [2.45, 2.75) is 65.5 Å². The molecule has 6 heteroatoms. The summed E-state index contributed by atoms with van der Waals surface area (Å²) in [5, 5.41) is -0.421. The maximum Gasteiger partial charge on any atom is 0.279 e. The molecule has 0 aliphatic rings. The lowest BCUT2D eigenvalue weighted by Crippen LogP contribution is -2.62. The minimum atomic E-state index is -2.81. The van der Waals surface area contributed by atoms with Crippen molar-refractivity contribution in [1.29, 1.82) is 0 Å². The summed E-state index contributed by atoms with van der Waals surface area (Å²) in [7, 11) is 0. The van der Waals surface area contributed by atoms with Crippen LogP contribution in [0, 0.1) is 11.8 Å². The van der Waals surface area contributed by atoms with Gasteiger partial charge in [0, 0.05) is 0 Å². The molecule has 0 aromatic heterocycles. The zero-order valence-electron chi connectivity index (χ0n) is 12.7. The zero-order valence-corrected chi connectivity index (χ0v) is 17.7. The SMILES string of the molecule is CC(C)C(C)(C)[Si](Cl)(Cl)[Si](Cl)(Cl)C(C)(C)C(C)C. The molecule has 0 N–H and O–H groups in total. The molecule has 0 rings (SSSR count). The summed E-state index contributed by atoms with van der Waals surface area (Å²) in [6, 6.07) is 0. The molecular formula is C12H26Cl4Si2. The van der Waals surface area contributed by atoms with Gasteiger partial charge < -0.3 is 0 Å². The van der Waals surface area contributed by atoms with Gasteiger partial charge in [0.15, 0.2) is 0 Å². The zero-order chi connectivity index (χ0) is 15.2. The van der Waals surface area contributed by atoms with Crippen molar-refractivity contribution in [2.75, 3.05) is 0 Å². The Morgan fingerprint density at radius 1 is 0.611 bits per heavy atom. The van der Waals surface area contributed by atoms with Gasteiger partial charge in [-0.1, -0.05) is 55.4 Å². The first-order chi connectivity index (χ1) is 7.64. The summed E-state index contributed by atoms with van der Waals surface area (Å²) >= 11 is 27.4. The standard InChI is InChI=1S/C12H26Cl4Si2/c1-9(2)11(5,6)17(13,14)18(15,16)12(7,8)10(3)4/h9-10H,1-8H3. The van der Waals surface area contributed by atoms with Gasteiger partial charge in [0.25, 0.3) is 12.4 Å². The fraction of sp³-hybridized carbons (Fsp3) is 1.00. The van der Waals surface area contributed by atoms with Crippen molar-refractivity contribution in [3.63, 3.8) is 0 Å². The third kappa shape index (κ3) is 2.94. The molecule has 0 nitrogen and oxygen atoms in total. The van der Waals surface area contributed by atoms with Gasteiger partial charge in [-0.05, 0) is 21.9 Å². The summed E-state index contributed by atoms with van der Waals surface area (Å²) in [5.74, 6) is 0.706.